The van der Waals surface area contributed by atoms with Gasteiger partial charge in [0.25, 0.3) is 10.2 Å². The molecular formula is C19H25N3O3S. The normalized spacial score (nSPS) is 11.7. The zero-order valence-corrected chi connectivity index (χ0v) is 16.1. The van der Waals surface area contributed by atoms with Gasteiger partial charge in [-0.25, -0.2) is 4.72 Å². The smallest absolute Gasteiger partial charge is 0.293 e. The Morgan fingerprint density at radius 1 is 1.04 bits per heavy atom. The number of rotatable bonds is 9. The average molecular weight is 375 g/mol. The van der Waals surface area contributed by atoms with Gasteiger partial charge in [-0.05, 0) is 43.7 Å². The van der Waals surface area contributed by atoms with Crippen molar-refractivity contribution in [3.63, 3.8) is 0 Å². The number of carbonyl (C=O) groups excluding carboxylic acids is 1. The van der Waals surface area contributed by atoms with Crippen molar-refractivity contribution in [1.82, 2.24) is 9.62 Å². The Morgan fingerprint density at radius 2 is 1.65 bits per heavy atom. The van der Waals surface area contributed by atoms with Crippen LogP contribution in [0.4, 0.5) is 5.69 Å². The van der Waals surface area contributed by atoms with Crippen molar-refractivity contribution < 1.29 is 13.2 Å². The van der Waals surface area contributed by atoms with Crippen molar-refractivity contribution in [2.45, 2.75) is 26.4 Å². The Kier molecular flexibility index (Phi) is 6.90. The van der Waals surface area contributed by atoms with E-state index in [2.05, 4.69) is 28.2 Å². The lowest BCUT2D eigenvalue weighted by Gasteiger charge is -2.25. The quantitative estimate of drug-likeness (QED) is 0.661. The van der Waals surface area contributed by atoms with Crippen molar-refractivity contribution in [3.8, 4) is 0 Å². The van der Waals surface area contributed by atoms with Crippen LogP contribution in [0.3, 0.4) is 0 Å². The maximum absolute atomic E-state index is 12.6. The van der Waals surface area contributed by atoms with Crippen LogP contribution in [0.5, 0.6) is 0 Å². The molecule has 0 unspecified atom stereocenters. The van der Waals surface area contributed by atoms with Gasteiger partial charge in [0, 0.05) is 30.9 Å². The molecule has 0 saturated heterocycles. The van der Waals surface area contributed by atoms with Crippen LogP contribution in [0, 0.1) is 0 Å². The van der Waals surface area contributed by atoms with Gasteiger partial charge in [0.05, 0.1) is 6.54 Å². The highest BCUT2D eigenvalue weighted by atomic mass is 32.2. The molecule has 0 saturated carbocycles. The third-order valence-corrected chi connectivity index (χ3v) is 5.08. The van der Waals surface area contributed by atoms with Crippen LogP contribution in [0.2, 0.25) is 0 Å². The van der Waals surface area contributed by atoms with Crippen molar-refractivity contribution in [3.05, 3.63) is 65.7 Å². The number of hydrogen-bond donors (Lipinski definition) is 2. The van der Waals surface area contributed by atoms with Crippen molar-refractivity contribution in [2.24, 2.45) is 0 Å². The summed E-state index contributed by atoms with van der Waals surface area (Å²) >= 11 is 0. The largest absolute Gasteiger partial charge is 0.298 e. The zero-order valence-electron chi connectivity index (χ0n) is 15.3. The van der Waals surface area contributed by atoms with Gasteiger partial charge in [-0.15, -0.1) is 0 Å². The minimum absolute atomic E-state index is 0.00217. The Labute approximate surface area is 155 Å². The molecule has 0 atom stereocenters. The van der Waals surface area contributed by atoms with E-state index in [-0.39, 0.29) is 11.8 Å². The van der Waals surface area contributed by atoms with Crippen molar-refractivity contribution in [2.75, 3.05) is 18.3 Å². The fourth-order valence-electron chi connectivity index (χ4n) is 2.45. The zero-order chi connectivity index (χ0) is 19.2. The lowest BCUT2D eigenvalue weighted by atomic mass is 10.1. The Bertz CT molecular complexity index is 819. The standard InChI is InChI=1S/C19H25N3O3S/c1-15(2)22(13-16-7-5-4-6-8-16)14-19(23)17-9-11-18(12-10-17)21-26(24,25)20-3/h4-12,15,20-21H,13-14H2,1-3H3. The SMILES string of the molecule is CNS(=O)(=O)Nc1ccc(C(=O)CN(Cc2ccccc2)C(C)C)cc1. The minimum Gasteiger partial charge on any atom is -0.293 e. The average Bonchev–Trinajstić information content (AvgIpc) is 2.62. The van der Waals surface area contributed by atoms with Gasteiger partial charge in [0.2, 0.25) is 0 Å². The lowest BCUT2D eigenvalue weighted by Crippen LogP contribution is -2.35. The fraction of sp³-hybridized carbons (Fsp3) is 0.316. The first kappa shape index (κ1) is 20.1. The van der Waals surface area contributed by atoms with Crippen molar-refractivity contribution in [1.29, 1.82) is 0 Å². The van der Waals surface area contributed by atoms with E-state index in [4.69, 9.17) is 0 Å². The number of anilines is 1. The summed E-state index contributed by atoms with van der Waals surface area (Å²) in [5.41, 5.74) is 2.11. The monoisotopic (exact) mass is 375 g/mol. The second kappa shape index (κ2) is 8.93. The molecule has 0 aromatic heterocycles. The highest BCUT2D eigenvalue weighted by Gasteiger charge is 2.16. The molecule has 0 aliphatic heterocycles. The molecular weight excluding hydrogens is 350 g/mol. The van der Waals surface area contributed by atoms with E-state index in [9.17, 15) is 13.2 Å². The van der Waals surface area contributed by atoms with Gasteiger partial charge in [0.1, 0.15) is 0 Å². The lowest BCUT2D eigenvalue weighted by molar-refractivity contribution is 0.0898. The van der Waals surface area contributed by atoms with E-state index in [0.29, 0.717) is 24.3 Å². The molecule has 2 aromatic carbocycles. The molecule has 7 heteroatoms. The second-order valence-electron chi connectivity index (χ2n) is 6.29. The number of benzene rings is 2. The van der Waals surface area contributed by atoms with Crippen molar-refractivity contribution >= 4 is 21.7 Å². The third-order valence-electron chi connectivity index (χ3n) is 4.03. The molecule has 2 N–H and O–H groups in total. The Balaban J connectivity index is 2.05. The van der Waals surface area contributed by atoms with E-state index in [0.717, 1.165) is 5.56 Å². The maximum atomic E-state index is 12.6. The van der Waals surface area contributed by atoms with Gasteiger partial charge >= 0.3 is 0 Å². The molecule has 140 valence electrons. The molecule has 0 spiro atoms. The predicted molar refractivity (Wildman–Crippen MR) is 104 cm³/mol. The van der Waals surface area contributed by atoms with Crippen LogP contribution >= 0.6 is 0 Å². The molecule has 0 aliphatic rings. The van der Waals surface area contributed by atoms with Crippen LogP contribution in [0.1, 0.15) is 29.8 Å². The van der Waals surface area contributed by atoms with E-state index < -0.39 is 10.2 Å². The number of ketones is 1. The Morgan fingerprint density at radius 3 is 2.19 bits per heavy atom. The van der Waals surface area contributed by atoms with Crippen LogP contribution in [0.15, 0.2) is 54.6 Å². The number of carbonyl (C=O) groups is 1. The summed E-state index contributed by atoms with van der Waals surface area (Å²) in [6.07, 6.45) is 0. The minimum atomic E-state index is -3.56. The Hall–Kier alpha value is -2.22. The van der Waals surface area contributed by atoms with Gasteiger partial charge in [0.15, 0.2) is 5.78 Å². The number of hydrogen-bond acceptors (Lipinski definition) is 4. The highest BCUT2D eigenvalue weighted by Crippen LogP contribution is 2.14. The van der Waals surface area contributed by atoms with Crippen LogP contribution in [0.25, 0.3) is 0 Å². The first-order valence-corrected chi connectivity index (χ1v) is 9.91. The molecule has 0 bridgehead atoms. The van der Waals surface area contributed by atoms with E-state index in [1.807, 2.05) is 30.3 Å². The molecule has 26 heavy (non-hydrogen) atoms. The van der Waals surface area contributed by atoms with Crippen LogP contribution in [-0.4, -0.2) is 38.7 Å². The molecule has 0 heterocycles. The summed E-state index contributed by atoms with van der Waals surface area (Å²) in [5, 5.41) is 0. The summed E-state index contributed by atoms with van der Waals surface area (Å²) in [6, 6.07) is 16.7. The van der Waals surface area contributed by atoms with E-state index >= 15 is 0 Å². The maximum Gasteiger partial charge on any atom is 0.298 e. The molecule has 2 rings (SSSR count). The first-order valence-electron chi connectivity index (χ1n) is 8.43. The molecule has 0 fully saturated rings. The number of nitrogens with zero attached hydrogens (tertiary/aromatic N) is 1. The summed E-state index contributed by atoms with van der Waals surface area (Å²) in [5.74, 6) is -0.00217. The summed E-state index contributed by atoms with van der Waals surface area (Å²) in [7, 11) is -2.24. The number of Topliss-reactive ketones (excluding diaryl/α,β-unsaturated/α-hetero) is 1. The van der Waals surface area contributed by atoms with Gasteiger partial charge < -0.3 is 0 Å². The predicted octanol–water partition coefficient (Wildman–Crippen LogP) is 2.66. The third kappa shape index (κ3) is 5.94. The summed E-state index contributed by atoms with van der Waals surface area (Å²) < 4.78 is 27.5. The molecule has 0 aliphatic carbocycles. The van der Waals surface area contributed by atoms with Crippen LogP contribution < -0.4 is 9.44 Å². The second-order valence-corrected chi connectivity index (χ2v) is 7.91. The van der Waals surface area contributed by atoms with Crippen LogP contribution in [-0.2, 0) is 16.8 Å². The summed E-state index contributed by atoms with van der Waals surface area (Å²) in [6.45, 7) is 5.12. The summed E-state index contributed by atoms with van der Waals surface area (Å²) in [4.78, 5) is 14.7. The van der Waals surface area contributed by atoms with Gasteiger partial charge in [-0.2, -0.15) is 8.42 Å². The molecule has 0 radical (unpaired) electrons. The first-order chi connectivity index (χ1) is 12.3. The molecule has 6 nitrogen and oxygen atoms in total. The van der Waals surface area contributed by atoms with E-state index in [1.54, 1.807) is 24.3 Å². The molecule has 0 amide bonds. The fourth-order valence-corrected chi connectivity index (χ4v) is 2.99. The molecule has 2 aromatic rings. The topological polar surface area (TPSA) is 78.5 Å². The number of nitrogens with one attached hydrogen (secondary N) is 2. The van der Waals surface area contributed by atoms with Gasteiger partial charge in [-0.1, -0.05) is 30.3 Å². The van der Waals surface area contributed by atoms with Gasteiger partial charge in [-0.3, -0.25) is 14.4 Å². The van der Waals surface area contributed by atoms with E-state index in [1.165, 1.54) is 7.05 Å². The highest BCUT2D eigenvalue weighted by molar-refractivity contribution is 7.90.